The third-order valence-corrected chi connectivity index (χ3v) is 2.92. The molecule has 0 fully saturated rings. The maximum absolute atomic E-state index is 12.0. The number of hydrogen-bond donors (Lipinski definition) is 3. The van der Waals surface area contributed by atoms with Crippen LogP contribution in [0.3, 0.4) is 0 Å². The average molecular weight is 285 g/mol. The van der Waals surface area contributed by atoms with E-state index in [1.54, 1.807) is 6.07 Å². The molecule has 0 spiro atoms. The number of para-hydroxylation sites is 1. The van der Waals surface area contributed by atoms with E-state index < -0.39 is 0 Å². The van der Waals surface area contributed by atoms with Crippen LogP contribution in [0.25, 0.3) is 0 Å². The molecule has 0 heterocycles. The van der Waals surface area contributed by atoms with Crippen molar-refractivity contribution in [1.29, 1.82) is 0 Å². The van der Waals surface area contributed by atoms with E-state index in [9.17, 15) is 4.79 Å². The number of anilines is 1. The number of hydrogen-bond acceptors (Lipinski definition) is 3. The van der Waals surface area contributed by atoms with E-state index >= 15 is 0 Å². The number of thiocarbonyl (C=S) groups is 1. The van der Waals surface area contributed by atoms with Gasteiger partial charge in [0.25, 0.3) is 5.91 Å². The summed E-state index contributed by atoms with van der Waals surface area (Å²) in [6.07, 6.45) is 0. The number of hydrazine groups is 1. The Morgan fingerprint density at radius 2 is 1.65 bits per heavy atom. The van der Waals surface area contributed by atoms with E-state index in [1.807, 2.05) is 55.5 Å². The van der Waals surface area contributed by atoms with E-state index in [4.69, 9.17) is 12.2 Å². The molecule has 5 heteroatoms. The molecular weight excluding hydrogens is 270 g/mol. The highest BCUT2D eigenvalue weighted by molar-refractivity contribution is 7.80. The summed E-state index contributed by atoms with van der Waals surface area (Å²) in [5.74, 6) is -0.226. The smallest absolute Gasteiger partial charge is 0.257 e. The van der Waals surface area contributed by atoms with E-state index in [2.05, 4.69) is 16.2 Å². The molecule has 0 saturated heterocycles. The van der Waals surface area contributed by atoms with Gasteiger partial charge in [0.05, 0.1) is 5.69 Å². The lowest BCUT2D eigenvalue weighted by Gasteiger charge is -2.12. The molecule has 0 atom stereocenters. The number of nitrogens with one attached hydrogen (secondary N) is 3. The SMILES string of the molecule is Cc1ccccc1C(=O)NC(=S)NNc1ccccc1. The quantitative estimate of drug-likeness (QED) is 0.599. The van der Waals surface area contributed by atoms with Gasteiger partial charge >= 0.3 is 0 Å². The molecular formula is C15H15N3OS. The Morgan fingerprint density at radius 3 is 2.35 bits per heavy atom. The lowest BCUT2D eigenvalue weighted by atomic mass is 10.1. The molecule has 0 aliphatic carbocycles. The molecule has 0 bridgehead atoms. The fraction of sp³-hybridized carbons (Fsp3) is 0.0667. The largest absolute Gasteiger partial charge is 0.299 e. The number of carbonyl (C=O) groups excluding carboxylic acids is 1. The maximum atomic E-state index is 12.0. The highest BCUT2D eigenvalue weighted by Gasteiger charge is 2.09. The topological polar surface area (TPSA) is 53.2 Å². The van der Waals surface area contributed by atoms with Gasteiger partial charge in [-0.25, -0.2) is 0 Å². The Labute approximate surface area is 123 Å². The van der Waals surface area contributed by atoms with Crippen LogP contribution in [0.1, 0.15) is 15.9 Å². The molecule has 0 unspecified atom stereocenters. The molecule has 0 saturated carbocycles. The third-order valence-electron chi connectivity index (χ3n) is 2.71. The predicted molar refractivity (Wildman–Crippen MR) is 84.4 cm³/mol. The van der Waals surface area contributed by atoms with E-state index in [-0.39, 0.29) is 11.0 Å². The summed E-state index contributed by atoms with van der Waals surface area (Å²) in [5, 5.41) is 2.85. The zero-order valence-corrected chi connectivity index (χ0v) is 11.8. The van der Waals surface area contributed by atoms with Gasteiger partial charge in [0.1, 0.15) is 0 Å². The lowest BCUT2D eigenvalue weighted by Crippen LogP contribution is -2.42. The van der Waals surface area contributed by atoms with Crippen LogP contribution in [0.2, 0.25) is 0 Å². The van der Waals surface area contributed by atoms with Crippen molar-refractivity contribution in [2.75, 3.05) is 5.43 Å². The van der Waals surface area contributed by atoms with Crippen LogP contribution < -0.4 is 16.2 Å². The van der Waals surface area contributed by atoms with Crippen molar-refractivity contribution >= 4 is 28.9 Å². The summed E-state index contributed by atoms with van der Waals surface area (Å²) in [7, 11) is 0. The van der Waals surface area contributed by atoms with Gasteiger partial charge in [-0.15, -0.1) is 0 Å². The van der Waals surface area contributed by atoms with Crippen molar-refractivity contribution in [2.24, 2.45) is 0 Å². The van der Waals surface area contributed by atoms with E-state index in [0.717, 1.165) is 11.3 Å². The van der Waals surface area contributed by atoms with Crippen molar-refractivity contribution in [3.8, 4) is 0 Å². The summed E-state index contributed by atoms with van der Waals surface area (Å²) in [4.78, 5) is 12.0. The van der Waals surface area contributed by atoms with Crippen molar-refractivity contribution < 1.29 is 4.79 Å². The zero-order valence-electron chi connectivity index (χ0n) is 11.0. The average Bonchev–Trinajstić information content (AvgIpc) is 2.46. The second-order valence-corrected chi connectivity index (χ2v) is 4.62. The Balaban J connectivity index is 1.89. The molecule has 0 aliphatic heterocycles. The number of amides is 1. The summed E-state index contributed by atoms with van der Waals surface area (Å²) in [6.45, 7) is 1.88. The summed E-state index contributed by atoms with van der Waals surface area (Å²) in [5.41, 5.74) is 8.05. The van der Waals surface area contributed by atoms with Crippen molar-refractivity contribution in [2.45, 2.75) is 6.92 Å². The first-order valence-electron chi connectivity index (χ1n) is 6.15. The molecule has 0 aromatic heterocycles. The van der Waals surface area contributed by atoms with Crippen LogP contribution in [0.4, 0.5) is 5.69 Å². The third kappa shape index (κ3) is 3.80. The van der Waals surface area contributed by atoms with Crippen molar-refractivity contribution in [1.82, 2.24) is 10.7 Å². The normalized spacial score (nSPS) is 9.65. The van der Waals surface area contributed by atoms with Gasteiger partial charge in [-0.05, 0) is 42.9 Å². The molecule has 2 aromatic rings. The van der Waals surface area contributed by atoms with Crippen molar-refractivity contribution in [3.05, 3.63) is 65.7 Å². The number of rotatable bonds is 3. The van der Waals surface area contributed by atoms with Gasteiger partial charge in [0, 0.05) is 5.56 Å². The van der Waals surface area contributed by atoms with Crippen molar-refractivity contribution in [3.63, 3.8) is 0 Å². The first-order valence-corrected chi connectivity index (χ1v) is 6.55. The maximum Gasteiger partial charge on any atom is 0.257 e. The summed E-state index contributed by atoms with van der Waals surface area (Å²) < 4.78 is 0. The molecule has 2 aromatic carbocycles. The molecule has 102 valence electrons. The molecule has 0 radical (unpaired) electrons. The highest BCUT2D eigenvalue weighted by Crippen LogP contribution is 2.06. The van der Waals surface area contributed by atoms with Gasteiger partial charge in [0.15, 0.2) is 5.11 Å². The highest BCUT2D eigenvalue weighted by atomic mass is 32.1. The van der Waals surface area contributed by atoms with Gasteiger partial charge in [0.2, 0.25) is 0 Å². The van der Waals surface area contributed by atoms with Crippen LogP contribution in [0.15, 0.2) is 54.6 Å². The van der Waals surface area contributed by atoms with Gasteiger partial charge in [-0.3, -0.25) is 21.0 Å². The minimum atomic E-state index is -0.226. The fourth-order valence-corrected chi connectivity index (χ4v) is 1.82. The minimum Gasteiger partial charge on any atom is -0.299 e. The lowest BCUT2D eigenvalue weighted by molar-refractivity contribution is 0.0976. The first-order chi connectivity index (χ1) is 9.66. The molecule has 3 N–H and O–H groups in total. The zero-order chi connectivity index (χ0) is 14.4. The van der Waals surface area contributed by atoms with Crippen LogP contribution in [-0.2, 0) is 0 Å². The van der Waals surface area contributed by atoms with Crippen LogP contribution in [0, 0.1) is 6.92 Å². The molecule has 2 rings (SSSR count). The van der Waals surface area contributed by atoms with Crippen LogP contribution >= 0.6 is 12.2 Å². The molecule has 20 heavy (non-hydrogen) atoms. The second kappa shape index (κ2) is 6.68. The molecule has 4 nitrogen and oxygen atoms in total. The number of carbonyl (C=O) groups is 1. The predicted octanol–water partition coefficient (Wildman–Crippen LogP) is 2.63. The van der Waals surface area contributed by atoms with E-state index in [0.29, 0.717) is 5.56 Å². The number of aryl methyl sites for hydroxylation is 1. The van der Waals surface area contributed by atoms with Crippen LogP contribution in [-0.4, -0.2) is 11.0 Å². The Morgan fingerprint density at radius 1 is 1.00 bits per heavy atom. The van der Waals surface area contributed by atoms with Gasteiger partial charge in [-0.1, -0.05) is 36.4 Å². The van der Waals surface area contributed by atoms with Gasteiger partial charge in [-0.2, -0.15) is 0 Å². The monoisotopic (exact) mass is 285 g/mol. The Kier molecular flexibility index (Phi) is 4.68. The standard InChI is InChI=1S/C15H15N3OS/c1-11-7-5-6-10-13(11)14(19)16-15(20)18-17-12-8-3-2-4-9-12/h2-10,17H,1H3,(H2,16,18,19,20). The van der Waals surface area contributed by atoms with E-state index in [1.165, 1.54) is 0 Å². The Bertz CT molecular complexity index is 614. The summed E-state index contributed by atoms with van der Waals surface area (Å²) >= 11 is 5.07. The minimum absolute atomic E-state index is 0.224. The number of benzene rings is 2. The Hall–Kier alpha value is -2.40. The molecule has 1 amide bonds. The van der Waals surface area contributed by atoms with Gasteiger partial charge < -0.3 is 0 Å². The summed E-state index contributed by atoms with van der Waals surface area (Å²) in [6, 6.07) is 16.9. The van der Waals surface area contributed by atoms with Crippen LogP contribution in [0.5, 0.6) is 0 Å². The molecule has 0 aliphatic rings. The first kappa shape index (κ1) is 14.0. The second-order valence-electron chi connectivity index (χ2n) is 4.21. The fourth-order valence-electron chi connectivity index (χ4n) is 1.68.